The van der Waals surface area contributed by atoms with Crippen LogP contribution in [0.5, 0.6) is 0 Å². The van der Waals surface area contributed by atoms with Gasteiger partial charge in [-0.3, -0.25) is 0 Å². The molecule has 0 bridgehead atoms. The fraction of sp³-hybridized carbons (Fsp3) is 1.00. The molecule has 1 heterocycles. The molecule has 0 amide bonds. The Morgan fingerprint density at radius 3 is 2.80 bits per heavy atom. The average Bonchev–Trinajstić information content (AvgIpc) is 2.59. The largest absolute Gasteiger partial charge is 0.315 e. The molecule has 2 N–H and O–H groups in total. The summed E-state index contributed by atoms with van der Waals surface area (Å²) in [5.74, 6) is 1.76. The number of nitrogens with one attached hydrogen (secondary N) is 2. The molecule has 0 aromatic rings. The monoisotopic (exact) mass is 210 g/mol. The maximum absolute atomic E-state index is 3.80. The molecule has 3 unspecified atom stereocenters. The number of rotatable bonds is 4. The van der Waals surface area contributed by atoms with E-state index in [1.54, 1.807) is 0 Å². The second-order valence-corrected chi connectivity index (χ2v) is 5.80. The van der Waals surface area contributed by atoms with Crippen LogP contribution in [0.15, 0.2) is 0 Å². The van der Waals surface area contributed by atoms with Gasteiger partial charge in [0.2, 0.25) is 0 Å². The second-order valence-electron chi connectivity index (χ2n) is 5.80. The Morgan fingerprint density at radius 2 is 2.07 bits per heavy atom. The van der Waals surface area contributed by atoms with Gasteiger partial charge in [0.05, 0.1) is 0 Å². The predicted octanol–water partition coefficient (Wildman–Crippen LogP) is 2.15. The van der Waals surface area contributed by atoms with Gasteiger partial charge in [0.15, 0.2) is 0 Å². The first-order valence-corrected chi connectivity index (χ1v) is 6.72. The molecule has 1 aliphatic carbocycles. The third kappa shape index (κ3) is 3.18. The fourth-order valence-electron chi connectivity index (χ4n) is 3.13. The van der Waals surface area contributed by atoms with Gasteiger partial charge < -0.3 is 10.6 Å². The first-order chi connectivity index (χ1) is 7.25. The highest BCUT2D eigenvalue weighted by atomic mass is 15.0. The SMILES string of the molecule is CC(C)CNCC1CC2CCCCC2N1. The molecule has 2 aliphatic rings. The van der Waals surface area contributed by atoms with Crippen molar-refractivity contribution in [2.45, 2.75) is 58.0 Å². The van der Waals surface area contributed by atoms with Crippen molar-refractivity contribution in [3.8, 4) is 0 Å². The number of fused-ring (bicyclic) bond motifs is 1. The third-order valence-corrected chi connectivity index (χ3v) is 3.89. The van der Waals surface area contributed by atoms with E-state index in [4.69, 9.17) is 0 Å². The van der Waals surface area contributed by atoms with Gasteiger partial charge >= 0.3 is 0 Å². The van der Waals surface area contributed by atoms with E-state index in [2.05, 4.69) is 24.5 Å². The normalized spacial score (nSPS) is 35.8. The van der Waals surface area contributed by atoms with Crippen molar-refractivity contribution >= 4 is 0 Å². The molecule has 1 saturated carbocycles. The van der Waals surface area contributed by atoms with Crippen molar-refractivity contribution in [2.24, 2.45) is 11.8 Å². The minimum Gasteiger partial charge on any atom is -0.315 e. The highest BCUT2D eigenvalue weighted by molar-refractivity contribution is 4.93. The summed E-state index contributed by atoms with van der Waals surface area (Å²) in [4.78, 5) is 0. The lowest BCUT2D eigenvalue weighted by Crippen LogP contribution is -2.39. The summed E-state index contributed by atoms with van der Waals surface area (Å²) in [5, 5.41) is 7.38. The highest BCUT2D eigenvalue weighted by Gasteiger charge is 2.34. The van der Waals surface area contributed by atoms with E-state index in [1.807, 2.05) is 0 Å². The third-order valence-electron chi connectivity index (χ3n) is 3.89. The molecule has 2 nitrogen and oxygen atoms in total. The Balaban J connectivity index is 1.67. The van der Waals surface area contributed by atoms with Gasteiger partial charge in [0.25, 0.3) is 0 Å². The molecular weight excluding hydrogens is 184 g/mol. The van der Waals surface area contributed by atoms with Crippen LogP contribution in [0, 0.1) is 11.8 Å². The molecule has 1 saturated heterocycles. The van der Waals surface area contributed by atoms with Crippen molar-refractivity contribution in [1.29, 1.82) is 0 Å². The minimum atomic E-state index is 0.747. The molecule has 0 aromatic carbocycles. The van der Waals surface area contributed by atoms with E-state index in [0.717, 1.165) is 30.5 Å². The Morgan fingerprint density at radius 1 is 1.27 bits per heavy atom. The smallest absolute Gasteiger partial charge is 0.0198 e. The maximum Gasteiger partial charge on any atom is 0.0198 e. The van der Waals surface area contributed by atoms with Crippen LogP contribution in [-0.2, 0) is 0 Å². The Kier molecular flexibility index (Phi) is 4.04. The standard InChI is InChI=1S/C13H26N2/c1-10(2)8-14-9-12-7-11-5-3-4-6-13(11)15-12/h10-15H,3-9H2,1-2H3. The van der Waals surface area contributed by atoms with Gasteiger partial charge in [-0.1, -0.05) is 26.7 Å². The zero-order chi connectivity index (χ0) is 10.7. The van der Waals surface area contributed by atoms with Crippen LogP contribution in [0.3, 0.4) is 0 Å². The second kappa shape index (κ2) is 5.31. The fourth-order valence-corrected chi connectivity index (χ4v) is 3.13. The lowest BCUT2D eigenvalue weighted by molar-refractivity contribution is 0.325. The first-order valence-electron chi connectivity index (χ1n) is 6.72. The van der Waals surface area contributed by atoms with Crippen molar-refractivity contribution in [3.05, 3.63) is 0 Å². The van der Waals surface area contributed by atoms with Crippen LogP contribution in [0.1, 0.15) is 46.0 Å². The summed E-state index contributed by atoms with van der Waals surface area (Å²) >= 11 is 0. The van der Waals surface area contributed by atoms with Crippen molar-refractivity contribution in [2.75, 3.05) is 13.1 Å². The van der Waals surface area contributed by atoms with Gasteiger partial charge in [-0.15, -0.1) is 0 Å². The molecule has 1 aliphatic heterocycles. The Labute approximate surface area is 94.2 Å². The molecule has 2 fully saturated rings. The molecule has 2 rings (SSSR count). The Hall–Kier alpha value is -0.0800. The van der Waals surface area contributed by atoms with Crippen molar-refractivity contribution in [1.82, 2.24) is 10.6 Å². The molecule has 0 radical (unpaired) electrons. The van der Waals surface area contributed by atoms with E-state index < -0.39 is 0 Å². The van der Waals surface area contributed by atoms with E-state index in [1.165, 1.54) is 38.6 Å². The first kappa shape index (κ1) is 11.4. The van der Waals surface area contributed by atoms with E-state index >= 15 is 0 Å². The molecular formula is C13H26N2. The molecule has 15 heavy (non-hydrogen) atoms. The van der Waals surface area contributed by atoms with Crippen molar-refractivity contribution in [3.63, 3.8) is 0 Å². The van der Waals surface area contributed by atoms with E-state index in [-0.39, 0.29) is 0 Å². The topological polar surface area (TPSA) is 24.1 Å². The average molecular weight is 210 g/mol. The molecule has 88 valence electrons. The predicted molar refractivity (Wildman–Crippen MR) is 65.0 cm³/mol. The summed E-state index contributed by atoms with van der Waals surface area (Å²) in [6.45, 7) is 6.88. The summed E-state index contributed by atoms with van der Waals surface area (Å²) in [6, 6.07) is 1.60. The quantitative estimate of drug-likeness (QED) is 0.743. The summed E-state index contributed by atoms with van der Waals surface area (Å²) < 4.78 is 0. The van der Waals surface area contributed by atoms with Crippen LogP contribution in [0.2, 0.25) is 0 Å². The molecule has 3 atom stereocenters. The Bertz CT molecular complexity index is 177. The zero-order valence-corrected chi connectivity index (χ0v) is 10.3. The molecule has 0 spiro atoms. The van der Waals surface area contributed by atoms with Crippen LogP contribution in [-0.4, -0.2) is 25.2 Å². The summed E-state index contributed by atoms with van der Waals surface area (Å²) in [5.41, 5.74) is 0. The molecule has 0 aromatic heterocycles. The zero-order valence-electron chi connectivity index (χ0n) is 10.3. The van der Waals surface area contributed by atoms with Gasteiger partial charge in [-0.05, 0) is 37.6 Å². The molecule has 2 heteroatoms. The van der Waals surface area contributed by atoms with Gasteiger partial charge in [0.1, 0.15) is 0 Å². The van der Waals surface area contributed by atoms with Crippen molar-refractivity contribution < 1.29 is 0 Å². The van der Waals surface area contributed by atoms with Crippen LogP contribution < -0.4 is 10.6 Å². The van der Waals surface area contributed by atoms with Crippen LogP contribution in [0.4, 0.5) is 0 Å². The van der Waals surface area contributed by atoms with Crippen LogP contribution in [0.25, 0.3) is 0 Å². The van der Waals surface area contributed by atoms with E-state index in [0.29, 0.717) is 0 Å². The summed E-state index contributed by atoms with van der Waals surface area (Å²) in [7, 11) is 0. The van der Waals surface area contributed by atoms with Gasteiger partial charge in [0, 0.05) is 18.6 Å². The summed E-state index contributed by atoms with van der Waals surface area (Å²) in [6.07, 6.45) is 7.22. The minimum absolute atomic E-state index is 0.747. The highest BCUT2D eigenvalue weighted by Crippen LogP contribution is 2.32. The van der Waals surface area contributed by atoms with Gasteiger partial charge in [-0.2, -0.15) is 0 Å². The number of hydrogen-bond acceptors (Lipinski definition) is 2. The van der Waals surface area contributed by atoms with Gasteiger partial charge in [-0.25, -0.2) is 0 Å². The maximum atomic E-state index is 3.80. The lowest BCUT2D eigenvalue weighted by Gasteiger charge is -2.24. The lowest BCUT2D eigenvalue weighted by atomic mass is 9.85. The van der Waals surface area contributed by atoms with E-state index in [9.17, 15) is 0 Å². The van der Waals surface area contributed by atoms with Crippen LogP contribution >= 0.6 is 0 Å². The number of hydrogen-bond donors (Lipinski definition) is 2.